The summed E-state index contributed by atoms with van der Waals surface area (Å²) in [4.78, 5) is 0. The van der Waals surface area contributed by atoms with Crippen molar-refractivity contribution in [3.63, 3.8) is 0 Å². The molecule has 0 saturated carbocycles. The number of nitrogens with one attached hydrogen (secondary N) is 3. The lowest BCUT2D eigenvalue weighted by atomic mass is 9.94. The Morgan fingerprint density at radius 3 is 1.76 bits per heavy atom. The Hall–Kier alpha value is -5.96. The Morgan fingerprint density at radius 1 is 0.429 bits per heavy atom. The van der Waals surface area contributed by atoms with E-state index in [1.807, 2.05) is 0 Å². The number of nitrogens with zero attached hydrogens (tertiary/aromatic N) is 1. The van der Waals surface area contributed by atoms with Crippen molar-refractivity contribution >= 4 is 54.1 Å². The molecule has 1 aromatic heterocycles. The van der Waals surface area contributed by atoms with E-state index in [2.05, 4.69) is 190 Å². The molecule has 0 radical (unpaired) electrons. The third kappa shape index (κ3) is 4.53. The summed E-state index contributed by atoms with van der Waals surface area (Å²) in [5, 5.41) is 21.3. The predicted molar refractivity (Wildman–Crippen MR) is 202 cm³/mol. The topological polar surface area (TPSA) is 41.0 Å². The van der Waals surface area contributed by atoms with Gasteiger partial charge < -0.3 is 4.57 Å². The molecule has 232 valence electrons. The van der Waals surface area contributed by atoms with Crippen LogP contribution < -0.4 is 16.0 Å². The zero-order chi connectivity index (χ0) is 32.3. The molecule has 9 aromatic rings. The van der Waals surface area contributed by atoms with Crippen LogP contribution in [0.25, 0.3) is 65.3 Å². The van der Waals surface area contributed by atoms with Gasteiger partial charge in [0.05, 0.1) is 23.4 Å². The molecule has 10 rings (SSSR count). The fourth-order valence-corrected chi connectivity index (χ4v) is 7.86. The van der Waals surface area contributed by atoms with E-state index in [-0.39, 0.29) is 18.6 Å². The van der Waals surface area contributed by atoms with Crippen molar-refractivity contribution in [3.05, 3.63) is 181 Å². The van der Waals surface area contributed by atoms with Gasteiger partial charge in [0.15, 0.2) is 0 Å². The molecule has 0 bridgehead atoms. The molecule has 3 atom stereocenters. The number of hydrogen-bond donors (Lipinski definition) is 3. The predicted octanol–water partition coefficient (Wildman–Crippen LogP) is 10.2. The van der Waals surface area contributed by atoms with Gasteiger partial charge in [-0.15, -0.1) is 0 Å². The van der Waals surface area contributed by atoms with Crippen molar-refractivity contribution in [2.24, 2.45) is 0 Å². The third-order valence-corrected chi connectivity index (χ3v) is 10.1. The van der Waals surface area contributed by atoms with Crippen LogP contribution in [0.2, 0.25) is 0 Å². The highest BCUT2D eigenvalue weighted by Crippen LogP contribution is 2.44. The van der Waals surface area contributed by atoms with Gasteiger partial charge >= 0.3 is 0 Å². The van der Waals surface area contributed by atoms with Crippen LogP contribution in [0.15, 0.2) is 158 Å². The number of fused-ring (bicyclic) bond motifs is 10. The average molecular weight is 629 g/mol. The van der Waals surface area contributed by atoms with Crippen LogP contribution >= 0.6 is 0 Å². The van der Waals surface area contributed by atoms with Gasteiger partial charge in [0, 0.05) is 37.7 Å². The van der Waals surface area contributed by atoms with Crippen molar-refractivity contribution in [2.75, 3.05) is 0 Å². The van der Waals surface area contributed by atoms with Gasteiger partial charge in [0.1, 0.15) is 6.29 Å². The van der Waals surface area contributed by atoms with Gasteiger partial charge in [0.25, 0.3) is 0 Å². The molecule has 0 amide bonds. The average Bonchev–Trinajstić information content (AvgIpc) is 3.54. The van der Waals surface area contributed by atoms with Gasteiger partial charge in [-0.05, 0) is 39.8 Å². The fraction of sp³-hybridized carbons (Fsp3) is 0.0667. The normalized spacial score (nSPS) is 18.0. The molecule has 4 nitrogen and oxygen atoms in total. The first kappa shape index (κ1) is 28.1. The van der Waals surface area contributed by atoms with Crippen molar-refractivity contribution in [1.29, 1.82) is 0 Å². The fourth-order valence-electron chi connectivity index (χ4n) is 7.86. The van der Waals surface area contributed by atoms with E-state index < -0.39 is 0 Å². The van der Waals surface area contributed by atoms with Gasteiger partial charge in [0.2, 0.25) is 0 Å². The highest BCUT2D eigenvalue weighted by Gasteiger charge is 2.32. The Balaban J connectivity index is 1.22. The van der Waals surface area contributed by atoms with E-state index in [1.54, 1.807) is 0 Å². The standard InChI is InChI=1S/C45H32N4/c1-3-13-29(14-4-1)30-23-25-33(26-24-30)44-46-43(32-16-5-2-6-17-32)47-45(48-44)49-39-22-12-11-21-38(39)41-40-34-18-8-7-15-31(34)27-28-36(40)35-19-9-10-20-37(35)42(41)49/h1-26,43-48H. The van der Waals surface area contributed by atoms with Gasteiger partial charge in [-0.3, -0.25) is 16.0 Å². The maximum atomic E-state index is 3.99. The Labute approximate surface area is 284 Å². The molecule has 3 N–H and O–H groups in total. The molecule has 1 aliphatic heterocycles. The van der Waals surface area contributed by atoms with Crippen LogP contribution in [0.3, 0.4) is 0 Å². The zero-order valence-electron chi connectivity index (χ0n) is 26.7. The Bertz CT molecular complexity index is 2640. The summed E-state index contributed by atoms with van der Waals surface area (Å²) in [6.07, 6.45) is -0.454. The molecule has 1 fully saturated rings. The van der Waals surface area contributed by atoms with E-state index in [1.165, 1.54) is 65.6 Å². The van der Waals surface area contributed by atoms with E-state index in [0.717, 1.165) is 10.8 Å². The summed E-state index contributed by atoms with van der Waals surface area (Å²) in [6.45, 7) is 0. The molecule has 1 aliphatic rings. The lowest BCUT2D eigenvalue weighted by Crippen LogP contribution is -2.56. The summed E-state index contributed by atoms with van der Waals surface area (Å²) >= 11 is 0. The van der Waals surface area contributed by atoms with Crippen LogP contribution in [-0.2, 0) is 0 Å². The molecule has 1 saturated heterocycles. The maximum Gasteiger partial charge on any atom is 0.142 e. The van der Waals surface area contributed by atoms with Gasteiger partial charge in [-0.25, -0.2) is 0 Å². The quantitative estimate of drug-likeness (QED) is 0.182. The summed E-state index contributed by atoms with van der Waals surface area (Å²) in [5.74, 6) is 0. The van der Waals surface area contributed by atoms with Crippen LogP contribution in [-0.4, -0.2) is 4.57 Å². The Morgan fingerprint density at radius 2 is 1.00 bits per heavy atom. The highest BCUT2D eigenvalue weighted by molar-refractivity contribution is 6.36. The number of rotatable bonds is 4. The third-order valence-electron chi connectivity index (χ3n) is 10.1. The second-order valence-electron chi connectivity index (χ2n) is 12.9. The molecule has 2 heterocycles. The summed E-state index contributed by atoms with van der Waals surface area (Å²) in [7, 11) is 0. The Kier molecular flexibility index (Phi) is 6.50. The van der Waals surface area contributed by atoms with Crippen LogP contribution in [0.1, 0.15) is 29.7 Å². The minimum atomic E-state index is -0.237. The summed E-state index contributed by atoms with van der Waals surface area (Å²) < 4.78 is 2.49. The van der Waals surface area contributed by atoms with Crippen LogP contribution in [0.4, 0.5) is 0 Å². The largest absolute Gasteiger partial charge is 0.311 e. The molecular weight excluding hydrogens is 597 g/mol. The molecule has 4 heteroatoms. The molecule has 0 aliphatic carbocycles. The lowest BCUT2D eigenvalue weighted by Gasteiger charge is -2.40. The first-order valence-corrected chi connectivity index (χ1v) is 16.9. The van der Waals surface area contributed by atoms with Crippen molar-refractivity contribution in [3.8, 4) is 11.1 Å². The SMILES string of the molecule is c1c2ccccc2c2c(c#1)c1ccccc1c1c2c2ccccc2n1C1NC(c2ccccc2)NC(c2ccc(-c3ccccc3)cc2)N1. The lowest BCUT2D eigenvalue weighted by molar-refractivity contribution is 0.161. The summed E-state index contributed by atoms with van der Waals surface area (Å²) in [6, 6.07) is 63.4. The minimum absolute atomic E-state index is 0.0991. The van der Waals surface area contributed by atoms with Crippen molar-refractivity contribution in [2.45, 2.75) is 18.6 Å². The van der Waals surface area contributed by atoms with E-state index in [0.29, 0.717) is 0 Å². The number of aromatic nitrogens is 1. The van der Waals surface area contributed by atoms with Gasteiger partial charge in [-0.1, -0.05) is 158 Å². The number of benzene rings is 7. The van der Waals surface area contributed by atoms with E-state index >= 15 is 0 Å². The van der Waals surface area contributed by atoms with Gasteiger partial charge in [-0.2, -0.15) is 0 Å². The first-order chi connectivity index (χ1) is 24.3. The highest BCUT2D eigenvalue weighted by atomic mass is 15.4. The molecule has 3 unspecified atom stereocenters. The number of para-hydroxylation sites is 1. The van der Waals surface area contributed by atoms with E-state index in [9.17, 15) is 0 Å². The maximum absolute atomic E-state index is 3.99. The molecule has 8 aromatic carbocycles. The minimum Gasteiger partial charge on any atom is -0.311 e. The van der Waals surface area contributed by atoms with Crippen LogP contribution in [0.5, 0.6) is 0 Å². The number of hydrogen-bond acceptors (Lipinski definition) is 3. The van der Waals surface area contributed by atoms with Crippen LogP contribution in [0, 0.1) is 12.1 Å². The van der Waals surface area contributed by atoms with Crippen molar-refractivity contribution < 1.29 is 0 Å². The smallest absolute Gasteiger partial charge is 0.142 e. The molecule has 0 spiro atoms. The second-order valence-corrected chi connectivity index (χ2v) is 12.9. The monoisotopic (exact) mass is 628 g/mol. The summed E-state index contributed by atoms with van der Waals surface area (Å²) in [5.41, 5.74) is 7.16. The first-order valence-electron chi connectivity index (χ1n) is 16.9. The second kappa shape index (κ2) is 11.3. The molecular formula is C45H32N4. The van der Waals surface area contributed by atoms with Crippen molar-refractivity contribution in [1.82, 2.24) is 20.5 Å². The molecule has 49 heavy (non-hydrogen) atoms. The van der Waals surface area contributed by atoms with E-state index in [4.69, 9.17) is 0 Å². The zero-order valence-corrected chi connectivity index (χ0v) is 26.7.